The first-order chi connectivity index (χ1) is 10.2. The van der Waals surface area contributed by atoms with Crippen LogP contribution < -0.4 is 10.9 Å². The van der Waals surface area contributed by atoms with Gasteiger partial charge in [-0.1, -0.05) is 19.3 Å². The third kappa shape index (κ3) is 3.35. The number of hydrogen-bond acceptors (Lipinski definition) is 3. The molecular weight excluding hydrogens is 268 g/mol. The zero-order chi connectivity index (χ0) is 14.7. The Bertz CT molecular complexity index is 555. The molecular formula is C16H22N2O3. The Hall–Kier alpha value is -1.62. The second kappa shape index (κ2) is 6.02. The smallest absolute Gasteiger partial charge is 0.251 e. The number of carbonyl (C=O) groups excluding carboxylic acids is 1. The molecule has 1 aliphatic heterocycles. The second-order valence-electron chi connectivity index (χ2n) is 6.20. The number of amides is 1. The van der Waals surface area contributed by atoms with Crippen LogP contribution in [0.15, 0.2) is 23.1 Å². The minimum Gasteiger partial charge on any atom is -0.375 e. The molecule has 0 radical (unpaired) electrons. The summed E-state index contributed by atoms with van der Waals surface area (Å²) in [6, 6.07) is 3.11. The SMILES string of the molecule is O=C(NC1CCOC2(CCCCC2)C1)c1cc[nH]c(=O)c1. The van der Waals surface area contributed by atoms with E-state index in [1.807, 2.05) is 0 Å². The van der Waals surface area contributed by atoms with Crippen molar-refractivity contribution in [3.8, 4) is 0 Å². The largest absolute Gasteiger partial charge is 0.375 e. The maximum atomic E-state index is 12.2. The molecule has 2 aliphatic rings. The Labute approximate surface area is 124 Å². The van der Waals surface area contributed by atoms with E-state index in [1.54, 1.807) is 6.07 Å². The van der Waals surface area contributed by atoms with Crippen molar-refractivity contribution >= 4 is 5.91 Å². The van der Waals surface area contributed by atoms with Gasteiger partial charge in [0.2, 0.25) is 5.56 Å². The Balaban J connectivity index is 1.64. The average Bonchev–Trinajstić information content (AvgIpc) is 2.48. The van der Waals surface area contributed by atoms with Crippen LogP contribution in [0.2, 0.25) is 0 Å². The van der Waals surface area contributed by atoms with Gasteiger partial charge in [-0.05, 0) is 31.7 Å². The standard InChI is InChI=1S/C16H22N2O3/c19-14-10-12(4-8-17-14)15(20)18-13-5-9-21-16(11-13)6-2-1-3-7-16/h4,8,10,13H,1-3,5-7,9,11H2,(H,17,19)(H,18,20). The van der Waals surface area contributed by atoms with Crippen LogP contribution in [0.1, 0.15) is 55.3 Å². The molecule has 2 heterocycles. The first-order valence-electron chi connectivity index (χ1n) is 7.80. The molecule has 114 valence electrons. The minimum atomic E-state index is -0.252. The molecule has 5 nitrogen and oxygen atoms in total. The molecule has 5 heteroatoms. The van der Waals surface area contributed by atoms with Crippen molar-refractivity contribution in [2.24, 2.45) is 0 Å². The highest BCUT2D eigenvalue weighted by Crippen LogP contribution is 2.38. The van der Waals surface area contributed by atoms with Crippen LogP contribution in [0.25, 0.3) is 0 Å². The quantitative estimate of drug-likeness (QED) is 0.875. The van der Waals surface area contributed by atoms with Gasteiger partial charge in [0.1, 0.15) is 0 Å². The minimum absolute atomic E-state index is 0.0252. The number of hydrogen-bond donors (Lipinski definition) is 2. The summed E-state index contributed by atoms with van der Waals surface area (Å²) >= 11 is 0. The summed E-state index contributed by atoms with van der Waals surface area (Å²) < 4.78 is 6.04. The molecule has 0 aromatic carbocycles. The number of pyridine rings is 1. The molecule has 1 spiro atoms. The summed E-state index contributed by atoms with van der Waals surface area (Å²) in [6.45, 7) is 0.709. The van der Waals surface area contributed by atoms with E-state index in [2.05, 4.69) is 10.3 Å². The van der Waals surface area contributed by atoms with Gasteiger partial charge >= 0.3 is 0 Å². The molecule has 1 saturated carbocycles. The molecule has 1 saturated heterocycles. The zero-order valence-electron chi connectivity index (χ0n) is 12.2. The summed E-state index contributed by atoms with van der Waals surface area (Å²) in [5.41, 5.74) is 0.143. The Morgan fingerprint density at radius 2 is 2.14 bits per heavy atom. The fraction of sp³-hybridized carbons (Fsp3) is 0.625. The van der Waals surface area contributed by atoms with Crippen LogP contribution in [0.5, 0.6) is 0 Å². The van der Waals surface area contributed by atoms with Gasteiger partial charge in [-0.15, -0.1) is 0 Å². The van der Waals surface area contributed by atoms with Crippen molar-refractivity contribution in [1.82, 2.24) is 10.3 Å². The predicted octanol–water partition coefficient (Wildman–Crippen LogP) is 1.99. The monoisotopic (exact) mass is 290 g/mol. The van der Waals surface area contributed by atoms with E-state index in [9.17, 15) is 9.59 Å². The van der Waals surface area contributed by atoms with E-state index in [-0.39, 0.29) is 23.1 Å². The maximum Gasteiger partial charge on any atom is 0.251 e. The normalized spacial score (nSPS) is 24.7. The van der Waals surface area contributed by atoms with E-state index in [1.165, 1.54) is 31.5 Å². The first-order valence-corrected chi connectivity index (χ1v) is 7.80. The van der Waals surface area contributed by atoms with Gasteiger partial charge in [0.15, 0.2) is 0 Å². The van der Waals surface area contributed by atoms with Crippen molar-refractivity contribution in [2.45, 2.75) is 56.6 Å². The summed E-state index contributed by atoms with van der Waals surface area (Å²) in [5.74, 6) is -0.168. The lowest BCUT2D eigenvalue weighted by Crippen LogP contribution is -2.49. The molecule has 1 unspecified atom stereocenters. The molecule has 1 amide bonds. The van der Waals surface area contributed by atoms with Gasteiger partial charge in [0, 0.05) is 30.5 Å². The van der Waals surface area contributed by atoms with E-state index < -0.39 is 0 Å². The fourth-order valence-corrected chi connectivity index (χ4v) is 3.55. The first kappa shape index (κ1) is 14.3. The van der Waals surface area contributed by atoms with Gasteiger partial charge in [-0.25, -0.2) is 0 Å². The summed E-state index contributed by atoms with van der Waals surface area (Å²) in [5, 5.41) is 3.06. The maximum absolute atomic E-state index is 12.2. The predicted molar refractivity (Wildman–Crippen MR) is 79.3 cm³/mol. The lowest BCUT2D eigenvalue weighted by molar-refractivity contribution is -0.107. The molecule has 1 atom stereocenters. The molecule has 3 rings (SSSR count). The van der Waals surface area contributed by atoms with Crippen LogP contribution in [-0.2, 0) is 4.74 Å². The second-order valence-corrected chi connectivity index (χ2v) is 6.20. The fourth-order valence-electron chi connectivity index (χ4n) is 3.55. The van der Waals surface area contributed by atoms with Crippen LogP contribution in [-0.4, -0.2) is 29.1 Å². The molecule has 1 aromatic rings. The number of carbonyl (C=O) groups is 1. The van der Waals surface area contributed by atoms with E-state index >= 15 is 0 Å². The van der Waals surface area contributed by atoms with Crippen LogP contribution in [0, 0.1) is 0 Å². The van der Waals surface area contributed by atoms with Crippen LogP contribution >= 0.6 is 0 Å². The summed E-state index contributed by atoms with van der Waals surface area (Å²) in [4.78, 5) is 26.0. The third-order valence-corrected chi connectivity index (χ3v) is 4.63. The molecule has 0 bridgehead atoms. The van der Waals surface area contributed by atoms with Crippen molar-refractivity contribution in [2.75, 3.05) is 6.61 Å². The number of nitrogens with one attached hydrogen (secondary N) is 2. The average molecular weight is 290 g/mol. The molecule has 1 aliphatic carbocycles. The van der Waals surface area contributed by atoms with Gasteiger partial charge in [0.25, 0.3) is 5.91 Å². The third-order valence-electron chi connectivity index (χ3n) is 4.63. The highest BCUT2D eigenvalue weighted by Gasteiger charge is 2.38. The molecule has 1 aromatic heterocycles. The molecule has 2 N–H and O–H groups in total. The molecule has 2 fully saturated rings. The van der Waals surface area contributed by atoms with Gasteiger partial charge < -0.3 is 15.0 Å². The van der Waals surface area contributed by atoms with Crippen molar-refractivity contribution in [1.29, 1.82) is 0 Å². The number of aromatic nitrogens is 1. The van der Waals surface area contributed by atoms with Crippen molar-refractivity contribution in [3.05, 3.63) is 34.2 Å². The number of rotatable bonds is 2. The van der Waals surface area contributed by atoms with E-state index in [0.29, 0.717) is 12.2 Å². The van der Waals surface area contributed by atoms with E-state index in [0.717, 1.165) is 25.7 Å². The van der Waals surface area contributed by atoms with Crippen LogP contribution in [0.3, 0.4) is 0 Å². The number of H-pyrrole nitrogens is 1. The Morgan fingerprint density at radius 1 is 1.33 bits per heavy atom. The zero-order valence-corrected chi connectivity index (χ0v) is 12.2. The highest BCUT2D eigenvalue weighted by atomic mass is 16.5. The number of ether oxygens (including phenoxy) is 1. The van der Waals surface area contributed by atoms with Crippen LogP contribution in [0.4, 0.5) is 0 Å². The van der Waals surface area contributed by atoms with Gasteiger partial charge in [0.05, 0.1) is 5.60 Å². The van der Waals surface area contributed by atoms with E-state index in [4.69, 9.17) is 4.74 Å². The van der Waals surface area contributed by atoms with Crippen molar-refractivity contribution in [3.63, 3.8) is 0 Å². The lowest BCUT2D eigenvalue weighted by atomic mass is 9.78. The summed E-state index contributed by atoms with van der Waals surface area (Å²) in [6.07, 6.45) is 9.16. The summed E-state index contributed by atoms with van der Waals surface area (Å²) in [7, 11) is 0. The molecule has 21 heavy (non-hydrogen) atoms. The highest BCUT2D eigenvalue weighted by molar-refractivity contribution is 5.94. The Morgan fingerprint density at radius 3 is 2.90 bits per heavy atom. The van der Waals surface area contributed by atoms with Gasteiger partial charge in [-0.2, -0.15) is 0 Å². The van der Waals surface area contributed by atoms with Crippen molar-refractivity contribution < 1.29 is 9.53 Å². The topological polar surface area (TPSA) is 71.2 Å². The number of aromatic amines is 1. The van der Waals surface area contributed by atoms with Gasteiger partial charge in [-0.3, -0.25) is 9.59 Å². The lowest BCUT2D eigenvalue weighted by Gasteiger charge is -2.43. The Kier molecular flexibility index (Phi) is 4.10.